The summed E-state index contributed by atoms with van der Waals surface area (Å²) in [5.41, 5.74) is 0. The highest BCUT2D eigenvalue weighted by Gasteiger charge is 2.15. The van der Waals surface area contributed by atoms with E-state index < -0.39 is 0 Å². The number of halogens is 1. The van der Waals surface area contributed by atoms with Gasteiger partial charge in [-0.1, -0.05) is 13.8 Å². The molecule has 1 aliphatic heterocycles. The van der Waals surface area contributed by atoms with Gasteiger partial charge in [0.05, 0.1) is 6.20 Å². The van der Waals surface area contributed by atoms with E-state index in [4.69, 9.17) is 0 Å². The van der Waals surface area contributed by atoms with Crippen molar-refractivity contribution in [2.75, 3.05) is 18.4 Å². The third kappa shape index (κ3) is 6.06. The van der Waals surface area contributed by atoms with Crippen LogP contribution in [0.2, 0.25) is 0 Å². The average molecular weight is 315 g/mol. The highest BCUT2D eigenvalue weighted by molar-refractivity contribution is 5.89. The van der Waals surface area contributed by atoms with Crippen LogP contribution in [-0.2, 0) is 11.3 Å². The molecule has 120 valence electrons. The van der Waals surface area contributed by atoms with Gasteiger partial charge < -0.3 is 10.6 Å². The van der Waals surface area contributed by atoms with Crippen LogP contribution in [0, 0.1) is 11.8 Å². The molecule has 1 saturated heterocycles. The van der Waals surface area contributed by atoms with Crippen LogP contribution < -0.4 is 10.6 Å². The number of carbonyl (C=O) groups excluding carboxylic acids is 1. The minimum Gasteiger partial charge on any atom is -0.317 e. The van der Waals surface area contributed by atoms with E-state index in [-0.39, 0.29) is 18.3 Å². The van der Waals surface area contributed by atoms with Crippen molar-refractivity contribution in [1.29, 1.82) is 0 Å². The van der Waals surface area contributed by atoms with E-state index >= 15 is 0 Å². The largest absolute Gasteiger partial charge is 0.317 e. The molecular formula is C15H27ClN4O. The number of aromatic nitrogens is 2. The molecule has 1 fully saturated rings. The van der Waals surface area contributed by atoms with Crippen LogP contribution in [0.4, 0.5) is 5.82 Å². The van der Waals surface area contributed by atoms with Gasteiger partial charge in [0, 0.05) is 19.0 Å². The van der Waals surface area contributed by atoms with Gasteiger partial charge in [-0.15, -0.1) is 12.4 Å². The first-order valence-electron chi connectivity index (χ1n) is 7.67. The van der Waals surface area contributed by atoms with Crippen LogP contribution in [0.5, 0.6) is 0 Å². The average Bonchev–Trinajstić information content (AvgIpc) is 2.84. The molecule has 21 heavy (non-hydrogen) atoms. The fourth-order valence-corrected chi connectivity index (χ4v) is 2.64. The molecule has 0 atom stereocenters. The van der Waals surface area contributed by atoms with Crippen LogP contribution in [-0.4, -0.2) is 28.8 Å². The lowest BCUT2D eigenvalue weighted by Crippen LogP contribution is -2.28. The molecule has 0 saturated carbocycles. The van der Waals surface area contributed by atoms with Crippen molar-refractivity contribution >= 4 is 24.1 Å². The third-order valence-electron chi connectivity index (χ3n) is 3.76. The standard InChI is InChI=1S/C15H26N4O.ClH/c1-12(2)11-19-14(7-10-17-19)18-15(20)4-3-13-5-8-16-9-6-13;/h7,10,12-13,16H,3-6,8-9,11H2,1-2H3,(H,18,20);1H. The van der Waals surface area contributed by atoms with Crippen LogP contribution in [0.15, 0.2) is 12.3 Å². The first kappa shape index (κ1) is 18.0. The van der Waals surface area contributed by atoms with Gasteiger partial charge in [0.15, 0.2) is 0 Å². The zero-order valence-corrected chi connectivity index (χ0v) is 13.8. The van der Waals surface area contributed by atoms with Crippen molar-refractivity contribution in [2.45, 2.75) is 46.1 Å². The second-order valence-corrected chi connectivity index (χ2v) is 6.07. The van der Waals surface area contributed by atoms with E-state index in [0.717, 1.165) is 31.9 Å². The van der Waals surface area contributed by atoms with Crippen LogP contribution in [0.3, 0.4) is 0 Å². The Kier molecular flexibility index (Phi) is 7.75. The molecule has 0 aliphatic carbocycles. The van der Waals surface area contributed by atoms with Crippen molar-refractivity contribution in [3.8, 4) is 0 Å². The van der Waals surface area contributed by atoms with Crippen molar-refractivity contribution in [3.63, 3.8) is 0 Å². The van der Waals surface area contributed by atoms with E-state index in [0.29, 0.717) is 18.3 Å². The molecular weight excluding hydrogens is 288 g/mol. The summed E-state index contributed by atoms with van der Waals surface area (Å²) in [7, 11) is 0. The maximum absolute atomic E-state index is 12.0. The number of anilines is 1. The minimum absolute atomic E-state index is 0. The van der Waals surface area contributed by atoms with Gasteiger partial charge in [0.25, 0.3) is 0 Å². The molecule has 0 aromatic carbocycles. The van der Waals surface area contributed by atoms with E-state index in [2.05, 4.69) is 29.6 Å². The van der Waals surface area contributed by atoms with Gasteiger partial charge in [-0.05, 0) is 44.2 Å². The SMILES string of the molecule is CC(C)Cn1nccc1NC(=O)CCC1CCNCC1.Cl. The molecule has 2 heterocycles. The molecule has 0 radical (unpaired) electrons. The maximum atomic E-state index is 12.0. The monoisotopic (exact) mass is 314 g/mol. The lowest BCUT2D eigenvalue weighted by molar-refractivity contribution is -0.116. The molecule has 2 N–H and O–H groups in total. The summed E-state index contributed by atoms with van der Waals surface area (Å²) < 4.78 is 1.87. The molecule has 6 heteroatoms. The zero-order chi connectivity index (χ0) is 14.4. The Morgan fingerprint density at radius 3 is 2.86 bits per heavy atom. The third-order valence-corrected chi connectivity index (χ3v) is 3.76. The Bertz CT molecular complexity index is 427. The van der Waals surface area contributed by atoms with E-state index in [1.807, 2.05) is 10.7 Å². The summed E-state index contributed by atoms with van der Waals surface area (Å²) in [6.45, 7) is 7.30. The second kappa shape index (κ2) is 9.05. The van der Waals surface area contributed by atoms with Crippen molar-refractivity contribution < 1.29 is 4.79 Å². The number of piperidine rings is 1. The number of hydrogen-bond acceptors (Lipinski definition) is 3. The van der Waals surface area contributed by atoms with Gasteiger partial charge in [-0.25, -0.2) is 4.68 Å². The zero-order valence-electron chi connectivity index (χ0n) is 13.0. The highest BCUT2D eigenvalue weighted by Crippen LogP contribution is 2.18. The topological polar surface area (TPSA) is 59.0 Å². The van der Waals surface area contributed by atoms with E-state index in [1.165, 1.54) is 12.8 Å². The number of rotatable bonds is 6. The van der Waals surface area contributed by atoms with Crippen molar-refractivity contribution in [1.82, 2.24) is 15.1 Å². The number of amides is 1. The smallest absolute Gasteiger partial charge is 0.225 e. The van der Waals surface area contributed by atoms with Crippen LogP contribution in [0.25, 0.3) is 0 Å². The Balaban J connectivity index is 0.00000220. The van der Waals surface area contributed by atoms with Crippen molar-refractivity contribution in [2.24, 2.45) is 11.8 Å². The number of carbonyl (C=O) groups is 1. The molecule has 5 nitrogen and oxygen atoms in total. The molecule has 1 amide bonds. The second-order valence-electron chi connectivity index (χ2n) is 6.07. The van der Waals surface area contributed by atoms with Crippen LogP contribution >= 0.6 is 12.4 Å². The molecule has 2 rings (SSSR count). The summed E-state index contributed by atoms with van der Waals surface area (Å²) in [6, 6.07) is 1.87. The summed E-state index contributed by atoms with van der Waals surface area (Å²) in [5.74, 6) is 2.13. The maximum Gasteiger partial charge on any atom is 0.225 e. The number of nitrogens with one attached hydrogen (secondary N) is 2. The summed E-state index contributed by atoms with van der Waals surface area (Å²) in [5, 5.41) is 10.6. The van der Waals surface area contributed by atoms with E-state index in [1.54, 1.807) is 6.20 Å². The number of hydrogen-bond donors (Lipinski definition) is 2. The van der Waals surface area contributed by atoms with Gasteiger partial charge in [-0.3, -0.25) is 4.79 Å². The van der Waals surface area contributed by atoms with Gasteiger partial charge >= 0.3 is 0 Å². The molecule has 1 aromatic heterocycles. The predicted molar refractivity (Wildman–Crippen MR) is 87.8 cm³/mol. The Labute approximate surface area is 133 Å². The Morgan fingerprint density at radius 2 is 2.19 bits per heavy atom. The first-order valence-corrected chi connectivity index (χ1v) is 7.67. The summed E-state index contributed by atoms with van der Waals surface area (Å²) in [4.78, 5) is 12.0. The Hall–Kier alpha value is -1.07. The fraction of sp³-hybridized carbons (Fsp3) is 0.733. The lowest BCUT2D eigenvalue weighted by Gasteiger charge is -2.22. The molecule has 0 spiro atoms. The fourth-order valence-electron chi connectivity index (χ4n) is 2.64. The summed E-state index contributed by atoms with van der Waals surface area (Å²) in [6.07, 6.45) is 5.73. The minimum atomic E-state index is 0. The number of nitrogens with zero attached hydrogens (tertiary/aromatic N) is 2. The summed E-state index contributed by atoms with van der Waals surface area (Å²) >= 11 is 0. The van der Waals surface area contributed by atoms with Crippen molar-refractivity contribution in [3.05, 3.63) is 12.3 Å². The van der Waals surface area contributed by atoms with Gasteiger partial charge in [0.2, 0.25) is 5.91 Å². The Morgan fingerprint density at radius 1 is 1.48 bits per heavy atom. The molecule has 1 aromatic rings. The molecule has 0 unspecified atom stereocenters. The molecule has 0 bridgehead atoms. The predicted octanol–water partition coefficient (Wildman–Crippen LogP) is 2.68. The highest BCUT2D eigenvalue weighted by atomic mass is 35.5. The first-order chi connectivity index (χ1) is 9.65. The molecule has 1 aliphatic rings. The normalized spacial score (nSPS) is 15.8. The lowest BCUT2D eigenvalue weighted by atomic mass is 9.93. The van der Waals surface area contributed by atoms with Gasteiger partial charge in [-0.2, -0.15) is 5.10 Å². The van der Waals surface area contributed by atoms with E-state index in [9.17, 15) is 4.79 Å². The quantitative estimate of drug-likeness (QED) is 0.848. The van der Waals surface area contributed by atoms with Crippen LogP contribution in [0.1, 0.15) is 39.5 Å². The van der Waals surface area contributed by atoms with Gasteiger partial charge in [0.1, 0.15) is 5.82 Å².